The maximum absolute atomic E-state index is 12.1. The van der Waals surface area contributed by atoms with Gasteiger partial charge in [-0.25, -0.2) is 9.97 Å². The van der Waals surface area contributed by atoms with Crippen LogP contribution in [0.2, 0.25) is 0 Å². The number of piperidine rings is 3. The standard InChI is InChI=1S/C25H24N4O/c1-2-23-25(30,20-9-13-29(23)14-10-20)21-17-28-22(24-26-11-6-12-27-24)16-19(21)15-18-7-4-3-5-8-18/h1,3-8,11-12,16-17,20,23,30H,9-10,13-15H2. The monoisotopic (exact) mass is 396 g/mol. The number of benzene rings is 1. The number of aliphatic hydroxyl groups is 1. The fraction of sp³-hybridized carbons (Fsp3) is 0.320. The fourth-order valence-electron chi connectivity index (χ4n) is 5.07. The Hall–Kier alpha value is -3.07. The van der Waals surface area contributed by atoms with Crippen molar-refractivity contribution in [2.45, 2.75) is 30.9 Å². The summed E-state index contributed by atoms with van der Waals surface area (Å²) in [7, 11) is 0. The molecule has 2 unspecified atom stereocenters. The molecule has 0 spiro atoms. The zero-order chi connectivity index (χ0) is 20.6. The molecule has 0 amide bonds. The van der Waals surface area contributed by atoms with E-state index in [2.05, 4.69) is 37.9 Å². The topological polar surface area (TPSA) is 62.1 Å². The molecule has 150 valence electrons. The molecule has 6 rings (SSSR count). The van der Waals surface area contributed by atoms with Gasteiger partial charge in [-0.1, -0.05) is 36.3 Å². The van der Waals surface area contributed by atoms with Gasteiger partial charge in [-0.05, 0) is 61.5 Å². The number of rotatable bonds is 4. The van der Waals surface area contributed by atoms with E-state index in [9.17, 15) is 5.11 Å². The van der Waals surface area contributed by atoms with Crippen molar-refractivity contribution in [3.05, 3.63) is 77.7 Å². The molecule has 0 radical (unpaired) electrons. The molecular formula is C25H24N4O. The molecule has 30 heavy (non-hydrogen) atoms. The summed E-state index contributed by atoms with van der Waals surface area (Å²) in [6.45, 7) is 1.89. The summed E-state index contributed by atoms with van der Waals surface area (Å²) in [6, 6.07) is 13.7. The number of hydrogen-bond acceptors (Lipinski definition) is 5. The van der Waals surface area contributed by atoms with Crippen LogP contribution in [0.1, 0.15) is 29.5 Å². The van der Waals surface area contributed by atoms with Crippen LogP contribution in [0.4, 0.5) is 0 Å². The molecule has 5 heteroatoms. The largest absolute Gasteiger partial charge is 0.382 e. The Kier molecular flexibility index (Phi) is 4.82. The normalized spacial score (nSPS) is 27.5. The quantitative estimate of drug-likeness (QED) is 0.687. The molecule has 0 saturated carbocycles. The van der Waals surface area contributed by atoms with Gasteiger partial charge in [-0.3, -0.25) is 9.88 Å². The number of terminal acetylenes is 1. The van der Waals surface area contributed by atoms with Crippen molar-refractivity contribution in [1.29, 1.82) is 0 Å². The second-order valence-corrected chi connectivity index (χ2v) is 8.17. The molecule has 2 atom stereocenters. The van der Waals surface area contributed by atoms with Crippen molar-refractivity contribution in [3.8, 4) is 23.9 Å². The first-order valence-electron chi connectivity index (χ1n) is 10.4. The van der Waals surface area contributed by atoms with E-state index in [1.807, 2.05) is 24.3 Å². The van der Waals surface area contributed by atoms with E-state index in [4.69, 9.17) is 6.42 Å². The SMILES string of the molecule is C#CC1N2CCC(CC2)C1(O)c1cnc(-c2ncccn2)cc1Cc1ccccc1. The molecule has 0 aliphatic carbocycles. The van der Waals surface area contributed by atoms with Gasteiger partial charge < -0.3 is 5.11 Å². The summed E-state index contributed by atoms with van der Waals surface area (Å²) in [5.41, 5.74) is 2.64. The van der Waals surface area contributed by atoms with Crippen LogP contribution < -0.4 is 0 Å². The Morgan fingerprint density at radius 3 is 2.50 bits per heavy atom. The smallest absolute Gasteiger partial charge is 0.178 e. The molecule has 2 aromatic heterocycles. The fourth-order valence-corrected chi connectivity index (χ4v) is 5.07. The number of aromatic nitrogens is 3. The lowest BCUT2D eigenvalue weighted by molar-refractivity contribution is -0.143. The van der Waals surface area contributed by atoms with Gasteiger partial charge in [0.1, 0.15) is 17.3 Å². The molecule has 1 aromatic carbocycles. The Labute approximate surface area is 176 Å². The second kappa shape index (κ2) is 7.64. The van der Waals surface area contributed by atoms with Crippen molar-refractivity contribution in [3.63, 3.8) is 0 Å². The predicted octanol–water partition coefficient (Wildman–Crippen LogP) is 3.04. The zero-order valence-electron chi connectivity index (χ0n) is 16.8. The molecule has 3 aliphatic rings. The third-order valence-corrected chi connectivity index (χ3v) is 6.55. The lowest BCUT2D eigenvalue weighted by Crippen LogP contribution is -2.63. The average Bonchev–Trinajstić information content (AvgIpc) is 2.81. The maximum Gasteiger partial charge on any atom is 0.178 e. The third kappa shape index (κ3) is 3.09. The highest BCUT2D eigenvalue weighted by Crippen LogP contribution is 2.47. The van der Waals surface area contributed by atoms with Gasteiger partial charge in [0.2, 0.25) is 0 Å². The van der Waals surface area contributed by atoms with Crippen LogP contribution in [0.15, 0.2) is 61.1 Å². The van der Waals surface area contributed by atoms with E-state index in [1.54, 1.807) is 24.7 Å². The molecule has 5 heterocycles. The average molecular weight is 396 g/mol. The van der Waals surface area contributed by atoms with Crippen LogP contribution in [0, 0.1) is 18.3 Å². The summed E-state index contributed by atoms with van der Waals surface area (Å²) in [5.74, 6) is 3.60. The number of pyridine rings is 1. The summed E-state index contributed by atoms with van der Waals surface area (Å²) in [4.78, 5) is 15.6. The van der Waals surface area contributed by atoms with E-state index in [0.29, 0.717) is 17.9 Å². The van der Waals surface area contributed by atoms with Gasteiger partial charge in [0, 0.05) is 24.2 Å². The van der Waals surface area contributed by atoms with E-state index < -0.39 is 5.60 Å². The van der Waals surface area contributed by atoms with Crippen LogP contribution >= 0.6 is 0 Å². The van der Waals surface area contributed by atoms with Gasteiger partial charge >= 0.3 is 0 Å². The van der Waals surface area contributed by atoms with Crippen molar-refractivity contribution in [1.82, 2.24) is 19.9 Å². The Morgan fingerprint density at radius 2 is 1.80 bits per heavy atom. The van der Waals surface area contributed by atoms with Crippen LogP contribution in [0.3, 0.4) is 0 Å². The minimum Gasteiger partial charge on any atom is -0.382 e. The summed E-state index contributed by atoms with van der Waals surface area (Å²) < 4.78 is 0. The molecule has 3 aliphatic heterocycles. The minimum absolute atomic E-state index is 0.138. The van der Waals surface area contributed by atoms with Gasteiger partial charge in [0.05, 0.1) is 0 Å². The first-order valence-corrected chi connectivity index (χ1v) is 10.4. The lowest BCUT2D eigenvalue weighted by atomic mass is 9.66. The zero-order valence-corrected chi connectivity index (χ0v) is 16.8. The highest BCUT2D eigenvalue weighted by atomic mass is 16.3. The highest BCUT2D eigenvalue weighted by Gasteiger charge is 2.54. The third-order valence-electron chi connectivity index (χ3n) is 6.55. The summed E-state index contributed by atoms with van der Waals surface area (Å²) in [6.07, 6.45) is 13.7. The van der Waals surface area contributed by atoms with E-state index in [-0.39, 0.29) is 12.0 Å². The Morgan fingerprint density at radius 1 is 1.07 bits per heavy atom. The molecule has 1 N–H and O–H groups in total. The van der Waals surface area contributed by atoms with Crippen molar-refractivity contribution >= 4 is 0 Å². The van der Waals surface area contributed by atoms with Gasteiger partial charge in [-0.2, -0.15) is 0 Å². The molecule has 3 fully saturated rings. The van der Waals surface area contributed by atoms with Crippen molar-refractivity contribution < 1.29 is 5.11 Å². The Balaban J connectivity index is 1.65. The molecule has 3 aromatic rings. The van der Waals surface area contributed by atoms with E-state index in [1.165, 1.54) is 5.56 Å². The summed E-state index contributed by atoms with van der Waals surface area (Å²) in [5, 5.41) is 12.1. The second-order valence-electron chi connectivity index (χ2n) is 8.17. The first kappa shape index (κ1) is 18.9. The number of fused-ring (bicyclic) bond motifs is 3. The van der Waals surface area contributed by atoms with E-state index >= 15 is 0 Å². The Bertz CT molecular complexity index is 1070. The van der Waals surface area contributed by atoms with Crippen molar-refractivity contribution in [2.75, 3.05) is 13.1 Å². The van der Waals surface area contributed by atoms with Crippen LogP contribution in [-0.4, -0.2) is 44.1 Å². The van der Waals surface area contributed by atoms with Crippen LogP contribution in [0.25, 0.3) is 11.5 Å². The van der Waals surface area contributed by atoms with E-state index in [0.717, 1.165) is 37.1 Å². The maximum atomic E-state index is 12.1. The van der Waals surface area contributed by atoms with Gasteiger partial charge in [0.15, 0.2) is 5.82 Å². The number of nitrogens with zero attached hydrogens (tertiary/aromatic N) is 4. The van der Waals surface area contributed by atoms with Crippen molar-refractivity contribution in [2.24, 2.45) is 5.92 Å². The minimum atomic E-state index is -1.10. The predicted molar refractivity (Wildman–Crippen MR) is 115 cm³/mol. The number of hydrogen-bond donors (Lipinski definition) is 1. The van der Waals surface area contributed by atoms with Crippen LogP contribution in [0.5, 0.6) is 0 Å². The molecular weight excluding hydrogens is 372 g/mol. The molecule has 3 saturated heterocycles. The first-order chi connectivity index (χ1) is 14.7. The van der Waals surface area contributed by atoms with Crippen LogP contribution in [-0.2, 0) is 12.0 Å². The van der Waals surface area contributed by atoms with Gasteiger partial charge in [-0.15, -0.1) is 6.42 Å². The highest BCUT2D eigenvalue weighted by molar-refractivity contribution is 5.53. The summed E-state index contributed by atoms with van der Waals surface area (Å²) >= 11 is 0. The molecule has 5 nitrogen and oxygen atoms in total. The molecule has 2 bridgehead atoms. The van der Waals surface area contributed by atoms with Gasteiger partial charge in [0.25, 0.3) is 0 Å². The lowest BCUT2D eigenvalue weighted by Gasteiger charge is -2.54.